The molecule has 0 aliphatic heterocycles. The smallest absolute Gasteiger partial charge is 0.137 e. The van der Waals surface area contributed by atoms with Crippen LogP contribution in [-0.4, -0.2) is 19.4 Å². The number of carbonyl (C=O) groups is 1. The van der Waals surface area contributed by atoms with Crippen LogP contribution in [0.3, 0.4) is 0 Å². The average Bonchev–Trinajstić information content (AvgIpc) is 2.17. The Balaban J connectivity index is 2.76. The van der Waals surface area contributed by atoms with Gasteiger partial charge < -0.3 is 4.90 Å². The summed E-state index contributed by atoms with van der Waals surface area (Å²) >= 11 is 0. The van der Waals surface area contributed by atoms with Gasteiger partial charge in [-0.3, -0.25) is 4.79 Å². The number of hydrogen-bond donors (Lipinski definition) is 0. The van der Waals surface area contributed by atoms with Crippen LogP contribution in [0.2, 0.25) is 0 Å². The largest absolute Gasteiger partial charge is 0.374 e. The van der Waals surface area contributed by atoms with E-state index in [9.17, 15) is 4.79 Å². The van der Waals surface area contributed by atoms with Crippen molar-refractivity contribution < 1.29 is 4.79 Å². The number of nitrogens with zero attached hydrogens (tertiary/aromatic N) is 1. The van der Waals surface area contributed by atoms with Gasteiger partial charge in [-0.25, -0.2) is 0 Å². The number of benzene rings is 1. The summed E-state index contributed by atoms with van der Waals surface area (Å²) in [6.45, 7) is 8.44. The van der Waals surface area contributed by atoms with E-state index in [1.807, 2.05) is 20.9 Å². The van der Waals surface area contributed by atoms with Crippen molar-refractivity contribution in [2.45, 2.75) is 27.7 Å². The lowest BCUT2D eigenvalue weighted by atomic mass is 9.88. The number of aryl methyl sites for hydroxylation is 1. The highest BCUT2D eigenvalue weighted by Gasteiger charge is 2.25. The second-order valence-electron chi connectivity index (χ2n) is 5.13. The van der Waals surface area contributed by atoms with Crippen LogP contribution in [0, 0.1) is 12.3 Å². The lowest BCUT2D eigenvalue weighted by Crippen LogP contribution is -2.36. The topological polar surface area (TPSA) is 20.3 Å². The Morgan fingerprint density at radius 1 is 1.25 bits per heavy atom. The molecule has 0 N–H and O–H groups in total. The van der Waals surface area contributed by atoms with Gasteiger partial charge in [-0.1, -0.05) is 31.5 Å². The third-order valence-corrected chi connectivity index (χ3v) is 3.06. The first-order chi connectivity index (χ1) is 7.33. The van der Waals surface area contributed by atoms with Crippen molar-refractivity contribution in [3.05, 3.63) is 29.8 Å². The van der Waals surface area contributed by atoms with Crippen LogP contribution in [0.1, 0.15) is 26.3 Å². The lowest BCUT2D eigenvalue weighted by molar-refractivity contribution is -0.124. The van der Waals surface area contributed by atoms with Crippen LogP contribution in [0.15, 0.2) is 24.3 Å². The van der Waals surface area contributed by atoms with Gasteiger partial charge in [0.15, 0.2) is 0 Å². The van der Waals surface area contributed by atoms with E-state index in [0.29, 0.717) is 0 Å². The second-order valence-corrected chi connectivity index (χ2v) is 5.13. The molecule has 88 valence electrons. The van der Waals surface area contributed by atoms with Gasteiger partial charge in [0.25, 0.3) is 0 Å². The minimum Gasteiger partial charge on any atom is -0.374 e. The van der Waals surface area contributed by atoms with Crippen LogP contribution in [-0.2, 0) is 4.79 Å². The molecule has 0 fully saturated rings. The molecule has 0 aliphatic rings. The average molecular weight is 219 g/mol. The maximum Gasteiger partial charge on any atom is 0.137 e. The number of carbonyl (C=O) groups excluding carboxylic acids is 1. The molecule has 0 atom stereocenters. The highest BCUT2D eigenvalue weighted by atomic mass is 16.1. The van der Waals surface area contributed by atoms with Crippen molar-refractivity contribution in [2.75, 3.05) is 18.5 Å². The predicted molar refractivity (Wildman–Crippen MR) is 68.9 cm³/mol. The minimum atomic E-state index is -0.292. The first kappa shape index (κ1) is 12.8. The fourth-order valence-electron chi connectivity index (χ4n) is 1.59. The Bertz CT molecular complexity index is 365. The van der Waals surface area contributed by atoms with E-state index in [1.165, 1.54) is 5.56 Å². The molecule has 0 radical (unpaired) electrons. The Morgan fingerprint density at radius 3 is 2.19 bits per heavy atom. The molecule has 2 nitrogen and oxygen atoms in total. The number of anilines is 1. The van der Waals surface area contributed by atoms with E-state index < -0.39 is 0 Å². The zero-order valence-electron chi connectivity index (χ0n) is 10.9. The van der Waals surface area contributed by atoms with Gasteiger partial charge in [0.05, 0.1) is 0 Å². The molecule has 0 unspecified atom stereocenters. The maximum atomic E-state index is 11.5. The molecule has 0 amide bonds. The SMILES string of the molecule is CC(=O)C(C)(C)CN(C)c1ccc(C)cc1. The number of ketones is 1. The highest BCUT2D eigenvalue weighted by Crippen LogP contribution is 2.22. The maximum absolute atomic E-state index is 11.5. The summed E-state index contributed by atoms with van der Waals surface area (Å²) in [5.74, 6) is 0.228. The molecule has 2 heteroatoms. The number of Topliss-reactive ketones (excluding diaryl/α,β-unsaturated/α-hetero) is 1. The molecule has 0 aromatic heterocycles. The monoisotopic (exact) mass is 219 g/mol. The summed E-state index contributed by atoms with van der Waals surface area (Å²) in [4.78, 5) is 13.6. The normalized spacial score (nSPS) is 11.3. The fraction of sp³-hybridized carbons (Fsp3) is 0.500. The molecule has 1 aromatic rings. The molecule has 0 saturated carbocycles. The van der Waals surface area contributed by atoms with Crippen LogP contribution < -0.4 is 4.90 Å². The van der Waals surface area contributed by atoms with E-state index in [2.05, 4.69) is 36.1 Å². The van der Waals surface area contributed by atoms with Crippen LogP contribution in [0.4, 0.5) is 5.69 Å². The van der Waals surface area contributed by atoms with Crippen molar-refractivity contribution in [3.8, 4) is 0 Å². The summed E-state index contributed by atoms with van der Waals surface area (Å²) in [6.07, 6.45) is 0. The van der Waals surface area contributed by atoms with Gasteiger partial charge in [-0.2, -0.15) is 0 Å². The highest BCUT2D eigenvalue weighted by molar-refractivity contribution is 5.82. The molecule has 1 rings (SSSR count). The Hall–Kier alpha value is -1.31. The summed E-state index contributed by atoms with van der Waals surface area (Å²) in [5.41, 5.74) is 2.11. The molecule has 0 saturated heterocycles. The molecular formula is C14H21NO. The van der Waals surface area contributed by atoms with E-state index >= 15 is 0 Å². The molecule has 0 heterocycles. The molecule has 16 heavy (non-hydrogen) atoms. The second kappa shape index (κ2) is 4.69. The molecule has 0 spiro atoms. The van der Waals surface area contributed by atoms with Crippen molar-refractivity contribution in [1.82, 2.24) is 0 Å². The Morgan fingerprint density at radius 2 is 1.75 bits per heavy atom. The summed E-state index contributed by atoms with van der Waals surface area (Å²) in [6, 6.07) is 8.36. The zero-order valence-corrected chi connectivity index (χ0v) is 10.9. The van der Waals surface area contributed by atoms with Crippen molar-refractivity contribution in [1.29, 1.82) is 0 Å². The van der Waals surface area contributed by atoms with Gasteiger partial charge in [0, 0.05) is 24.7 Å². The van der Waals surface area contributed by atoms with Gasteiger partial charge in [0.1, 0.15) is 5.78 Å². The van der Waals surface area contributed by atoms with E-state index in [-0.39, 0.29) is 11.2 Å². The van der Waals surface area contributed by atoms with E-state index in [4.69, 9.17) is 0 Å². The van der Waals surface area contributed by atoms with Gasteiger partial charge in [-0.15, -0.1) is 0 Å². The van der Waals surface area contributed by atoms with E-state index in [1.54, 1.807) is 6.92 Å². The summed E-state index contributed by atoms with van der Waals surface area (Å²) in [5, 5.41) is 0. The van der Waals surface area contributed by atoms with Crippen molar-refractivity contribution >= 4 is 11.5 Å². The van der Waals surface area contributed by atoms with Gasteiger partial charge >= 0.3 is 0 Å². The zero-order chi connectivity index (χ0) is 12.3. The molecule has 0 bridgehead atoms. The number of rotatable bonds is 4. The van der Waals surface area contributed by atoms with Crippen LogP contribution in [0.25, 0.3) is 0 Å². The molecular weight excluding hydrogens is 198 g/mol. The Labute approximate surface area is 98.3 Å². The standard InChI is InChI=1S/C14H21NO/c1-11-6-8-13(9-7-11)15(5)10-14(3,4)12(2)16/h6-9H,10H2,1-5H3. The summed E-state index contributed by atoms with van der Waals surface area (Å²) < 4.78 is 0. The summed E-state index contributed by atoms with van der Waals surface area (Å²) in [7, 11) is 2.02. The van der Waals surface area contributed by atoms with E-state index in [0.717, 1.165) is 12.2 Å². The fourth-order valence-corrected chi connectivity index (χ4v) is 1.59. The third kappa shape index (κ3) is 3.09. The lowest BCUT2D eigenvalue weighted by Gasteiger charge is -2.29. The predicted octanol–water partition coefficient (Wildman–Crippen LogP) is 3.05. The van der Waals surface area contributed by atoms with Gasteiger partial charge in [0.2, 0.25) is 0 Å². The third-order valence-electron chi connectivity index (χ3n) is 3.06. The van der Waals surface area contributed by atoms with Crippen LogP contribution >= 0.6 is 0 Å². The minimum absolute atomic E-state index is 0.228. The quantitative estimate of drug-likeness (QED) is 0.775. The van der Waals surface area contributed by atoms with Crippen LogP contribution in [0.5, 0.6) is 0 Å². The first-order valence-corrected chi connectivity index (χ1v) is 5.62. The van der Waals surface area contributed by atoms with Gasteiger partial charge in [-0.05, 0) is 26.0 Å². The Kier molecular flexibility index (Phi) is 3.74. The number of hydrogen-bond acceptors (Lipinski definition) is 2. The molecule has 0 aliphatic carbocycles. The molecule has 1 aromatic carbocycles. The van der Waals surface area contributed by atoms with Crippen molar-refractivity contribution in [2.24, 2.45) is 5.41 Å². The first-order valence-electron chi connectivity index (χ1n) is 5.62. The van der Waals surface area contributed by atoms with Crippen molar-refractivity contribution in [3.63, 3.8) is 0 Å².